The number of nitrogens with one attached hydrogen (secondary N) is 1. The predicted molar refractivity (Wildman–Crippen MR) is 85.6 cm³/mol. The molecule has 0 unspecified atom stereocenters. The van der Waals surface area contributed by atoms with Gasteiger partial charge >= 0.3 is 6.09 Å². The maximum atomic E-state index is 11.7. The summed E-state index contributed by atoms with van der Waals surface area (Å²) in [7, 11) is 0. The third kappa shape index (κ3) is 5.00. The van der Waals surface area contributed by atoms with E-state index >= 15 is 0 Å². The van der Waals surface area contributed by atoms with Gasteiger partial charge in [-0.1, -0.05) is 18.2 Å². The number of rotatable bonds is 3. The van der Waals surface area contributed by atoms with E-state index in [0.717, 1.165) is 16.8 Å². The number of carbonyl (C=O) groups excluding carboxylic acids is 1. The summed E-state index contributed by atoms with van der Waals surface area (Å²) in [6.45, 7) is 5.85. The van der Waals surface area contributed by atoms with Gasteiger partial charge in [-0.3, -0.25) is 0 Å². The van der Waals surface area contributed by atoms with Crippen molar-refractivity contribution >= 4 is 17.7 Å². The van der Waals surface area contributed by atoms with E-state index in [9.17, 15) is 4.79 Å². The van der Waals surface area contributed by atoms with Crippen LogP contribution in [0.3, 0.4) is 0 Å². The second-order valence-electron chi connectivity index (χ2n) is 5.77. The van der Waals surface area contributed by atoms with Gasteiger partial charge in [0, 0.05) is 18.3 Å². The van der Waals surface area contributed by atoms with Gasteiger partial charge in [0.15, 0.2) is 0 Å². The number of hydrogen-bond acceptors (Lipinski definition) is 4. The molecule has 1 heterocycles. The molecule has 0 saturated carbocycles. The first kappa shape index (κ1) is 16.2. The molecule has 116 valence electrons. The zero-order chi connectivity index (χ0) is 16.2. The molecule has 1 aromatic heterocycles. The van der Waals surface area contributed by atoms with Crippen LogP contribution in [0, 0.1) is 0 Å². The third-order valence-corrected chi connectivity index (χ3v) is 2.87. The van der Waals surface area contributed by atoms with Crippen molar-refractivity contribution in [3.63, 3.8) is 0 Å². The van der Waals surface area contributed by atoms with Crippen molar-refractivity contribution in [3.05, 3.63) is 47.4 Å². The lowest BCUT2D eigenvalue weighted by atomic mass is 10.1. The summed E-state index contributed by atoms with van der Waals surface area (Å²) in [4.78, 5) is 19.7. The molecule has 22 heavy (non-hydrogen) atoms. The number of nitrogens with zero attached hydrogens (tertiary/aromatic N) is 2. The van der Waals surface area contributed by atoms with Gasteiger partial charge in [0.25, 0.3) is 0 Å². The van der Waals surface area contributed by atoms with Crippen molar-refractivity contribution < 1.29 is 9.53 Å². The van der Waals surface area contributed by atoms with E-state index in [1.165, 1.54) is 0 Å². The standard InChI is InChI=1S/C16H18ClN3O2/c1-16(2,3)22-15(21)19-10-11-5-4-6-12(9-11)13-7-8-18-14(17)20-13/h4-9H,10H2,1-3H3,(H,19,21). The van der Waals surface area contributed by atoms with Gasteiger partial charge in [-0.2, -0.15) is 0 Å². The number of aromatic nitrogens is 2. The normalized spacial score (nSPS) is 11.1. The highest BCUT2D eigenvalue weighted by Gasteiger charge is 2.15. The summed E-state index contributed by atoms with van der Waals surface area (Å²) < 4.78 is 5.20. The molecule has 1 amide bonds. The number of ether oxygens (including phenoxy) is 1. The molecule has 0 aliphatic heterocycles. The van der Waals surface area contributed by atoms with E-state index in [1.54, 1.807) is 12.3 Å². The van der Waals surface area contributed by atoms with Crippen LogP contribution in [0.25, 0.3) is 11.3 Å². The van der Waals surface area contributed by atoms with Gasteiger partial charge in [0.05, 0.1) is 5.69 Å². The van der Waals surface area contributed by atoms with Crippen LogP contribution < -0.4 is 5.32 Å². The molecule has 0 spiro atoms. The molecule has 0 aliphatic rings. The number of hydrogen-bond donors (Lipinski definition) is 1. The van der Waals surface area contributed by atoms with Gasteiger partial charge in [0.1, 0.15) is 5.60 Å². The van der Waals surface area contributed by atoms with Crippen LogP contribution in [0.5, 0.6) is 0 Å². The maximum absolute atomic E-state index is 11.7. The zero-order valence-electron chi connectivity index (χ0n) is 12.8. The number of amides is 1. The second kappa shape index (κ2) is 6.75. The molecule has 0 fully saturated rings. The van der Waals surface area contributed by atoms with Crippen molar-refractivity contribution in [3.8, 4) is 11.3 Å². The molecule has 0 bridgehead atoms. The molecule has 1 N–H and O–H groups in total. The molecule has 2 rings (SSSR count). The monoisotopic (exact) mass is 319 g/mol. The van der Waals surface area contributed by atoms with Crippen LogP contribution in [0.4, 0.5) is 4.79 Å². The first-order valence-electron chi connectivity index (χ1n) is 6.88. The smallest absolute Gasteiger partial charge is 0.407 e. The molecule has 5 nitrogen and oxygen atoms in total. The lowest BCUT2D eigenvalue weighted by Crippen LogP contribution is -2.32. The predicted octanol–water partition coefficient (Wildman–Crippen LogP) is 3.82. The highest BCUT2D eigenvalue weighted by Crippen LogP contribution is 2.19. The highest BCUT2D eigenvalue weighted by molar-refractivity contribution is 6.28. The van der Waals surface area contributed by atoms with Crippen LogP contribution in [-0.2, 0) is 11.3 Å². The summed E-state index contributed by atoms with van der Waals surface area (Å²) in [6, 6.07) is 9.47. The Bertz CT molecular complexity index is 668. The SMILES string of the molecule is CC(C)(C)OC(=O)NCc1cccc(-c2ccnc(Cl)n2)c1. The summed E-state index contributed by atoms with van der Waals surface area (Å²) in [5.41, 5.74) is 2.08. The molecule has 1 aromatic carbocycles. The van der Waals surface area contributed by atoms with Crippen LogP contribution in [0.2, 0.25) is 5.28 Å². The van der Waals surface area contributed by atoms with Crippen molar-refractivity contribution in [2.45, 2.75) is 32.9 Å². The van der Waals surface area contributed by atoms with Crippen LogP contribution >= 0.6 is 11.6 Å². The first-order valence-corrected chi connectivity index (χ1v) is 7.26. The minimum absolute atomic E-state index is 0.204. The fraction of sp³-hybridized carbons (Fsp3) is 0.312. The van der Waals surface area contributed by atoms with Crippen molar-refractivity contribution in [1.82, 2.24) is 15.3 Å². The Balaban J connectivity index is 2.05. The first-order chi connectivity index (χ1) is 10.3. The van der Waals surface area contributed by atoms with Gasteiger partial charge in [-0.15, -0.1) is 0 Å². The molecular weight excluding hydrogens is 302 g/mol. The van der Waals surface area contributed by atoms with Crippen LogP contribution in [0.15, 0.2) is 36.5 Å². The molecule has 0 aliphatic carbocycles. The fourth-order valence-electron chi connectivity index (χ4n) is 1.82. The Morgan fingerprint density at radius 1 is 1.32 bits per heavy atom. The maximum Gasteiger partial charge on any atom is 0.407 e. The lowest BCUT2D eigenvalue weighted by Gasteiger charge is -2.19. The second-order valence-corrected chi connectivity index (χ2v) is 6.10. The van der Waals surface area contributed by atoms with E-state index in [2.05, 4.69) is 15.3 Å². The molecule has 0 atom stereocenters. The van der Waals surface area contributed by atoms with E-state index in [1.807, 2.05) is 45.0 Å². The minimum Gasteiger partial charge on any atom is -0.444 e. The molecule has 0 saturated heterocycles. The van der Waals surface area contributed by atoms with Gasteiger partial charge in [-0.25, -0.2) is 14.8 Å². The average molecular weight is 320 g/mol. The number of alkyl carbamates (subject to hydrolysis) is 1. The average Bonchev–Trinajstić information content (AvgIpc) is 2.44. The largest absolute Gasteiger partial charge is 0.444 e. The van der Waals surface area contributed by atoms with E-state index < -0.39 is 11.7 Å². The Morgan fingerprint density at radius 3 is 2.77 bits per heavy atom. The topological polar surface area (TPSA) is 64.1 Å². The van der Waals surface area contributed by atoms with E-state index in [4.69, 9.17) is 16.3 Å². The number of carbonyl (C=O) groups is 1. The summed E-state index contributed by atoms with van der Waals surface area (Å²) in [6.07, 6.45) is 1.17. The third-order valence-electron chi connectivity index (χ3n) is 2.68. The molecule has 6 heteroatoms. The molecule has 2 aromatic rings. The number of benzene rings is 1. The summed E-state index contributed by atoms with van der Waals surface area (Å²) in [5, 5.41) is 2.93. The number of halogens is 1. The van der Waals surface area contributed by atoms with E-state index in [0.29, 0.717) is 6.54 Å². The van der Waals surface area contributed by atoms with Crippen molar-refractivity contribution in [1.29, 1.82) is 0 Å². The summed E-state index contributed by atoms with van der Waals surface area (Å²) in [5.74, 6) is 0. The van der Waals surface area contributed by atoms with Crippen LogP contribution in [-0.4, -0.2) is 21.7 Å². The molecular formula is C16H18ClN3O2. The van der Waals surface area contributed by atoms with Gasteiger partial charge in [-0.05, 0) is 50.1 Å². The van der Waals surface area contributed by atoms with E-state index in [-0.39, 0.29) is 5.28 Å². The van der Waals surface area contributed by atoms with Gasteiger partial charge in [0.2, 0.25) is 5.28 Å². The lowest BCUT2D eigenvalue weighted by molar-refractivity contribution is 0.0523. The Labute approximate surface area is 134 Å². The Morgan fingerprint density at radius 2 is 2.09 bits per heavy atom. The quantitative estimate of drug-likeness (QED) is 0.873. The zero-order valence-corrected chi connectivity index (χ0v) is 13.5. The Hall–Kier alpha value is -2.14. The molecule has 0 radical (unpaired) electrons. The van der Waals surface area contributed by atoms with Gasteiger partial charge < -0.3 is 10.1 Å². The van der Waals surface area contributed by atoms with Crippen molar-refractivity contribution in [2.24, 2.45) is 0 Å². The highest BCUT2D eigenvalue weighted by atomic mass is 35.5. The van der Waals surface area contributed by atoms with Crippen LogP contribution in [0.1, 0.15) is 26.3 Å². The summed E-state index contributed by atoms with van der Waals surface area (Å²) >= 11 is 5.80. The minimum atomic E-state index is -0.510. The van der Waals surface area contributed by atoms with Crippen molar-refractivity contribution in [2.75, 3.05) is 0 Å². The Kier molecular flexibility index (Phi) is 4.98. The fourth-order valence-corrected chi connectivity index (χ4v) is 1.97.